The number of fused-ring (bicyclic) bond motifs is 1. The van der Waals surface area contributed by atoms with Crippen molar-refractivity contribution in [3.8, 4) is 0 Å². The lowest BCUT2D eigenvalue weighted by Crippen LogP contribution is -2.51. The van der Waals surface area contributed by atoms with Crippen LogP contribution in [0, 0.1) is 0 Å². The predicted octanol–water partition coefficient (Wildman–Crippen LogP) is 3.50. The molecular formula is C23H25N3O4. The number of likely N-dealkylation sites (tertiary alicyclic amines) is 1. The molecule has 0 aliphatic carbocycles. The first-order valence-electron chi connectivity index (χ1n) is 10.2. The molecule has 1 N–H and O–H groups in total. The van der Waals surface area contributed by atoms with Crippen LogP contribution in [0.5, 0.6) is 0 Å². The van der Waals surface area contributed by atoms with Crippen molar-refractivity contribution >= 4 is 23.1 Å². The average Bonchev–Trinajstić information content (AvgIpc) is 3.23. The number of rotatable bonds is 5. The van der Waals surface area contributed by atoms with Crippen LogP contribution >= 0.6 is 0 Å². The van der Waals surface area contributed by atoms with Gasteiger partial charge in [-0.1, -0.05) is 42.5 Å². The zero-order valence-electron chi connectivity index (χ0n) is 16.9. The van der Waals surface area contributed by atoms with Crippen molar-refractivity contribution < 1.29 is 18.7 Å². The number of carbonyl (C=O) groups is 2. The molecule has 4 rings (SSSR count). The number of hydrogen-bond acceptors (Lipinski definition) is 5. The molecule has 30 heavy (non-hydrogen) atoms. The number of methoxy groups -OCH3 is 1. The largest absolute Gasteiger partial charge is 0.467 e. The van der Waals surface area contributed by atoms with Gasteiger partial charge in [0, 0.05) is 25.4 Å². The van der Waals surface area contributed by atoms with Crippen LogP contribution in [0.1, 0.15) is 30.2 Å². The third kappa shape index (κ3) is 4.45. The number of urea groups is 1. The lowest BCUT2D eigenvalue weighted by Gasteiger charge is -2.31. The van der Waals surface area contributed by atoms with E-state index in [1.807, 2.05) is 54.6 Å². The fourth-order valence-electron chi connectivity index (χ4n) is 3.82. The molecule has 2 amide bonds. The summed E-state index contributed by atoms with van der Waals surface area (Å²) in [6.45, 7) is 1.16. The van der Waals surface area contributed by atoms with Crippen LogP contribution in [0.25, 0.3) is 11.1 Å². The van der Waals surface area contributed by atoms with E-state index in [1.54, 1.807) is 4.90 Å². The maximum absolute atomic E-state index is 12.8. The van der Waals surface area contributed by atoms with Gasteiger partial charge < -0.3 is 19.4 Å². The van der Waals surface area contributed by atoms with Crippen LogP contribution < -0.4 is 5.32 Å². The number of hydrogen-bond donors (Lipinski definition) is 1. The van der Waals surface area contributed by atoms with Crippen LogP contribution in [0.2, 0.25) is 0 Å². The van der Waals surface area contributed by atoms with Gasteiger partial charge in [0.25, 0.3) is 0 Å². The van der Waals surface area contributed by atoms with Gasteiger partial charge in [-0.3, -0.25) is 0 Å². The normalized spacial score (nSPS) is 15.7. The zero-order chi connectivity index (χ0) is 20.9. The highest BCUT2D eigenvalue weighted by molar-refractivity contribution is 5.84. The second-order valence-corrected chi connectivity index (χ2v) is 7.50. The lowest BCUT2D eigenvalue weighted by atomic mass is 9.97. The zero-order valence-corrected chi connectivity index (χ0v) is 16.9. The quantitative estimate of drug-likeness (QED) is 0.655. The van der Waals surface area contributed by atoms with Gasteiger partial charge in [-0.05, 0) is 30.5 Å². The minimum Gasteiger partial charge on any atom is -0.467 e. The van der Waals surface area contributed by atoms with Gasteiger partial charge in [-0.25, -0.2) is 14.6 Å². The van der Waals surface area contributed by atoms with Gasteiger partial charge >= 0.3 is 12.0 Å². The monoisotopic (exact) mass is 407 g/mol. The van der Waals surface area contributed by atoms with Crippen LogP contribution in [0.3, 0.4) is 0 Å². The van der Waals surface area contributed by atoms with E-state index in [0.717, 1.165) is 35.4 Å². The third-order valence-electron chi connectivity index (χ3n) is 5.51. The fourth-order valence-corrected chi connectivity index (χ4v) is 3.82. The van der Waals surface area contributed by atoms with E-state index >= 15 is 0 Å². The van der Waals surface area contributed by atoms with Crippen molar-refractivity contribution in [3.05, 3.63) is 66.1 Å². The molecule has 1 aliphatic rings. The summed E-state index contributed by atoms with van der Waals surface area (Å²) in [4.78, 5) is 31.3. The molecule has 1 aliphatic heterocycles. The number of piperidine rings is 1. The maximum atomic E-state index is 12.8. The Bertz CT molecular complexity index is 976. The Morgan fingerprint density at radius 2 is 1.83 bits per heavy atom. The van der Waals surface area contributed by atoms with Crippen molar-refractivity contribution in [1.82, 2.24) is 15.2 Å². The number of ether oxygens (including phenoxy) is 1. The smallest absolute Gasteiger partial charge is 0.328 e. The summed E-state index contributed by atoms with van der Waals surface area (Å²) in [6.07, 6.45) is 1.92. The number of aromatic nitrogens is 1. The summed E-state index contributed by atoms with van der Waals surface area (Å²) in [7, 11) is 1.33. The summed E-state index contributed by atoms with van der Waals surface area (Å²) < 4.78 is 10.8. The molecule has 1 saturated heterocycles. The predicted molar refractivity (Wildman–Crippen MR) is 112 cm³/mol. The molecule has 0 radical (unpaired) electrons. The van der Waals surface area contributed by atoms with Gasteiger partial charge in [-0.2, -0.15) is 0 Å². The number of nitrogens with one attached hydrogen (secondary N) is 1. The van der Waals surface area contributed by atoms with Gasteiger partial charge in [-0.15, -0.1) is 0 Å². The fraction of sp³-hybridized carbons (Fsp3) is 0.348. The average molecular weight is 407 g/mol. The van der Waals surface area contributed by atoms with E-state index < -0.39 is 12.0 Å². The van der Waals surface area contributed by atoms with Gasteiger partial charge in [0.1, 0.15) is 11.6 Å². The molecule has 1 fully saturated rings. The van der Waals surface area contributed by atoms with E-state index in [2.05, 4.69) is 10.3 Å². The van der Waals surface area contributed by atoms with E-state index in [9.17, 15) is 9.59 Å². The number of amides is 2. The Morgan fingerprint density at radius 1 is 1.13 bits per heavy atom. The second kappa shape index (κ2) is 8.98. The molecule has 7 heteroatoms. The van der Waals surface area contributed by atoms with Gasteiger partial charge in [0.15, 0.2) is 11.5 Å². The van der Waals surface area contributed by atoms with Crippen LogP contribution in [0.4, 0.5) is 4.79 Å². The van der Waals surface area contributed by atoms with Crippen molar-refractivity contribution in [2.75, 3.05) is 20.2 Å². The maximum Gasteiger partial charge on any atom is 0.328 e. The molecule has 0 unspecified atom stereocenters. The van der Waals surface area contributed by atoms with Crippen molar-refractivity contribution in [3.63, 3.8) is 0 Å². The lowest BCUT2D eigenvalue weighted by molar-refractivity contribution is -0.142. The summed E-state index contributed by atoms with van der Waals surface area (Å²) in [5, 5.41) is 2.84. The topological polar surface area (TPSA) is 84.7 Å². The van der Waals surface area contributed by atoms with E-state index in [1.165, 1.54) is 7.11 Å². The first-order valence-corrected chi connectivity index (χ1v) is 10.2. The molecule has 1 aromatic heterocycles. The Balaban J connectivity index is 1.36. The van der Waals surface area contributed by atoms with Crippen molar-refractivity contribution in [2.45, 2.75) is 31.2 Å². The third-order valence-corrected chi connectivity index (χ3v) is 5.51. The molecule has 1 atom stereocenters. The minimum absolute atomic E-state index is 0.183. The number of oxazole rings is 1. The van der Waals surface area contributed by atoms with Crippen LogP contribution in [-0.4, -0.2) is 48.1 Å². The van der Waals surface area contributed by atoms with E-state index in [4.69, 9.17) is 9.15 Å². The SMILES string of the molecule is COC(=O)[C@@H](Cc1ccccc1)NC(=O)N1CCC(c2nc3ccccc3o2)CC1. The molecule has 156 valence electrons. The standard InChI is InChI=1S/C23H25N3O4/c1-29-22(27)19(15-16-7-3-2-4-8-16)25-23(28)26-13-11-17(12-14-26)21-24-18-9-5-6-10-20(18)30-21/h2-10,17,19H,11-15H2,1H3,(H,25,28)/t19-/m1/s1. The van der Waals surface area contributed by atoms with Crippen molar-refractivity contribution in [2.24, 2.45) is 0 Å². The number of benzene rings is 2. The number of para-hydroxylation sites is 2. The highest BCUT2D eigenvalue weighted by atomic mass is 16.5. The van der Waals surface area contributed by atoms with Crippen LogP contribution in [0.15, 0.2) is 59.0 Å². The number of carbonyl (C=O) groups excluding carboxylic acids is 2. The van der Waals surface area contributed by atoms with Crippen LogP contribution in [-0.2, 0) is 16.0 Å². The summed E-state index contributed by atoms with van der Waals surface area (Å²) in [5.74, 6) is 0.462. The molecule has 0 spiro atoms. The molecule has 0 saturated carbocycles. The summed E-state index contributed by atoms with van der Waals surface area (Å²) in [5.41, 5.74) is 2.60. The Labute approximate surface area is 175 Å². The first kappa shape index (κ1) is 19.9. The van der Waals surface area contributed by atoms with E-state index in [-0.39, 0.29) is 11.9 Å². The molecule has 3 aromatic rings. The molecular weight excluding hydrogens is 382 g/mol. The Hall–Kier alpha value is -3.35. The van der Waals surface area contributed by atoms with Gasteiger partial charge in [0.05, 0.1) is 7.11 Å². The Morgan fingerprint density at radius 3 is 2.53 bits per heavy atom. The summed E-state index contributed by atoms with van der Waals surface area (Å²) in [6, 6.07) is 16.3. The first-order chi connectivity index (χ1) is 14.6. The Kier molecular flexibility index (Phi) is 5.97. The van der Waals surface area contributed by atoms with Crippen molar-refractivity contribution in [1.29, 1.82) is 0 Å². The highest BCUT2D eigenvalue weighted by Crippen LogP contribution is 2.29. The molecule has 7 nitrogen and oxygen atoms in total. The molecule has 2 aromatic carbocycles. The summed E-state index contributed by atoms with van der Waals surface area (Å²) >= 11 is 0. The van der Waals surface area contributed by atoms with E-state index in [0.29, 0.717) is 19.5 Å². The second-order valence-electron chi connectivity index (χ2n) is 7.50. The number of esters is 1. The molecule has 0 bridgehead atoms. The van der Waals surface area contributed by atoms with Gasteiger partial charge in [0.2, 0.25) is 0 Å². The minimum atomic E-state index is -0.723. The molecule has 2 heterocycles. The number of nitrogens with zero attached hydrogens (tertiary/aromatic N) is 2. The highest BCUT2D eigenvalue weighted by Gasteiger charge is 2.29.